The molecule has 0 bridgehead atoms. The first-order chi connectivity index (χ1) is 38.4. The van der Waals surface area contributed by atoms with Gasteiger partial charge in [0, 0.05) is 55.2 Å². The minimum atomic E-state index is -0.367. The number of anilines is 5. The lowest BCUT2D eigenvalue weighted by Gasteiger charge is -2.39. The first-order valence-electron chi connectivity index (χ1n) is 28.8. The third-order valence-electron chi connectivity index (χ3n) is 18.5. The Hall–Kier alpha value is -8.28. The molecule has 2 saturated carbocycles. The van der Waals surface area contributed by atoms with E-state index in [0.29, 0.717) is 11.8 Å². The number of fused-ring (bicyclic) bond motifs is 11. The number of nitrogens with zero attached hydrogens (tertiary/aromatic N) is 3. The number of hydrogen-bond donors (Lipinski definition) is 0. The van der Waals surface area contributed by atoms with E-state index in [4.69, 9.17) is 9.15 Å². The van der Waals surface area contributed by atoms with Gasteiger partial charge in [0.25, 0.3) is 0 Å². The van der Waals surface area contributed by atoms with E-state index >= 15 is 0 Å². The lowest BCUT2D eigenvalue weighted by atomic mass is 9.73. The summed E-state index contributed by atoms with van der Waals surface area (Å²) < 4.78 is 17.3. The molecule has 0 radical (unpaired) electrons. The zero-order chi connectivity index (χ0) is 52.1. The van der Waals surface area contributed by atoms with Gasteiger partial charge in [0.15, 0.2) is 11.7 Å². The molecule has 2 fully saturated rings. The molecular weight excluding hydrogens is 951 g/mol. The van der Waals surface area contributed by atoms with Crippen LogP contribution >= 0.6 is 0 Å². The van der Waals surface area contributed by atoms with E-state index in [1.54, 1.807) is 0 Å². The fourth-order valence-electron chi connectivity index (χ4n) is 14.6. The molecule has 0 N–H and O–H groups in total. The summed E-state index contributed by atoms with van der Waals surface area (Å²) in [6.07, 6.45) is 19.4. The van der Waals surface area contributed by atoms with Crippen LogP contribution in [0.2, 0.25) is 0 Å². The largest absolute Gasteiger partial charge is 0.482 e. The molecule has 2 atom stereocenters. The van der Waals surface area contributed by atoms with Crippen LogP contribution in [-0.4, -0.2) is 10.7 Å². The summed E-state index contributed by atoms with van der Waals surface area (Å²) in [6, 6.07) is 67.8. The van der Waals surface area contributed by atoms with E-state index in [1.807, 2.05) is 0 Å². The molecule has 2 unspecified atom stereocenters. The van der Waals surface area contributed by atoms with Crippen molar-refractivity contribution in [2.24, 2.45) is 0 Å². The Kier molecular flexibility index (Phi) is 11.3. The van der Waals surface area contributed by atoms with Crippen molar-refractivity contribution < 1.29 is 9.15 Å². The molecule has 0 saturated heterocycles. The minimum Gasteiger partial charge on any atom is -0.482 e. The molecule has 5 nitrogen and oxygen atoms in total. The standard InChI is InChI=1S/C73H65N3O2/c1-47-23-13-17-38-61(47)75(63-40-21-36-58-57-35-19-33-53(69(57)77-71(58)63)49-25-7-4-8-26-49)52-42-43-59-65(45-52)74(51-29-11-6-12-30-51)67-46-66(55-31-15-16-32-56(55)68(59)67)76(62-39-18-14-24-48(62)2)64-41-22-44-73(3)60-37-20-34-54(70(60)78-72(64)73)50-27-9-5-10-28-50/h6,11-24,29-46,49-50,72H,4-5,7-10,25-28H2,1-3H3. The van der Waals surface area contributed by atoms with Gasteiger partial charge in [-0.25, -0.2) is 0 Å². The van der Waals surface area contributed by atoms with Gasteiger partial charge in [-0.3, -0.25) is 0 Å². The van der Waals surface area contributed by atoms with Crippen molar-refractivity contribution in [1.29, 1.82) is 0 Å². The second-order valence-corrected chi connectivity index (χ2v) is 23.1. The Morgan fingerprint density at radius 2 is 1.09 bits per heavy atom. The van der Waals surface area contributed by atoms with Crippen LogP contribution in [0, 0.1) is 13.8 Å². The topological polar surface area (TPSA) is 33.8 Å². The van der Waals surface area contributed by atoms with Crippen LogP contribution in [-0.2, 0) is 5.41 Å². The number of para-hydroxylation sites is 6. The minimum absolute atomic E-state index is 0.249. The lowest BCUT2D eigenvalue weighted by molar-refractivity contribution is 0.210. The molecule has 0 spiro atoms. The summed E-state index contributed by atoms with van der Waals surface area (Å²) in [5, 5.41) is 7.16. The molecule has 384 valence electrons. The fourth-order valence-corrected chi connectivity index (χ4v) is 14.6. The zero-order valence-electron chi connectivity index (χ0n) is 45.0. The van der Waals surface area contributed by atoms with Crippen molar-refractivity contribution in [3.63, 3.8) is 0 Å². The van der Waals surface area contributed by atoms with Gasteiger partial charge in [0.05, 0.1) is 33.5 Å². The van der Waals surface area contributed by atoms with Crippen LogP contribution in [0.5, 0.6) is 5.75 Å². The van der Waals surface area contributed by atoms with Crippen LogP contribution in [0.3, 0.4) is 0 Å². The second kappa shape index (κ2) is 18.7. The molecule has 15 rings (SSSR count). The molecule has 5 heteroatoms. The monoisotopic (exact) mass is 1020 g/mol. The molecule has 0 amide bonds. The average molecular weight is 1020 g/mol. The summed E-state index contributed by atoms with van der Waals surface area (Å²) in [7, 11) is 0. The highest BCUT2D eigenvalue weighted by atomic mass is 16.5. The van der Waals surface area contributed by atoms with Gasteiger partial charge < -0.3 is 23.5 Å². The number of rotatable bonds is 9. The SMILES string of the molecule is Cc1ccccc1N(C1=CC=CC2(C)c3cccc(C4CCCCC4)c3OC12)c1cc2c(c3ccccc13)c1ccc(N(c3ccccc3C)c3cccc4c3oc3c(C5CCCCC5)cccc34)cc1n2-c1ccccc1. The molecule has 3 heterocycles. The van der Waals surface area contributed by atoms with Gasteiger partial charge in [0.1, 0.15) is 11.3 Å². The van der Waals surface area contributed by atoms with Gasteiger partial charge in [-0.15, -0.1) is 0 Å². The number of allylic oxidation sites excluding steroid dienone is 2. The molecule has 4 aliphatic rings. The van der Waals surface area contributed by atoms with Gasteiger partial charge in [-0.05, 0) is 141 Å². The van der Waals surface area contributed by atoms with Gasteiger partial charge in [-0.2, -0.15) is 0 Å². The molecule has 11 aromatic rings. The van der Waals surface area contributed by atoms with Gasteiger partial charge in [-0.1, -0.05) is 184 Å². The van der Waals surface area contributed by atoms with Crippen molar-refractivity contribution >= 4 is 83.0 Å². The summed E-state index contributed by atoms with van der Waals surface area (Å²) in [6.45, 7) is 6.86. The highest BCUT2D eigenvalue weighted by molar-refractivity contribution is 6.25. The van der Waals surface area contributed by atoms with Crippen molar-refractivity contribution in [1.82, 2.24) is 4.57 Å². The van der Waals surface area contributed by atoms with Crippen LogP contribution in [0.1, 0.15) is 111 Å². The maximum atomic E-state index is 7.53. The summed E-state index contributed by atoms with van der Waals surface area (Å²) in [5.74, 6) is 2.14. The summed E-state index contributed by atoms with van der Waals surface area (Å²) in [4.78, 5) is 4.98. The number of benzene rings is 9. The molecular formula is C73H65N3O2. The van der Waals surface area contributed by atoms with Gasteiger partial charge >= 0.3 is 0 Å². The first-order valence-corrected chi connectivity index (χ1v) is 28.8. The molecule has 1 aliphatic heterocycles. The average Bonchev–Trinajstić information content (AvgIpc) is 4.31. The van der Waals surface area contributed by atoms with E-state index in [9.17, 15) is 0 Å². The lowest BCUT2D eigenvalue weighted by Crippen LogP contribution is -2.42. The Morgan fingerprint density at radius 1 is 0.487 bits per heavy atom. The van der Waals surface area contributed by atoms with Gasteiger partial charge in [0.2, 0.25) is 0 Å². The van der Waals surface area contributed by atoms with Crippen LogP contribution in [0.4, 0.5) is 28.4 Å². The second-order valence-electron chi connectivity index (χ2n) is 23.1. The Morgan fingerprint density at radius 3 is 1.83 bits per heavy atom. The third kappa shape index (κ3) is 7.34. The van der Waals surface area contributed by atoms with Crippen LogP contribution < -0.4 is 14.5 Å². The highest BCUT2D eigenvalue weighted by Gasteiger charge is 2.50. The smallest absolute Gasteiger partial charge is 0.159 e. The fraction of sp³-hybridized carbons (Fsp3) is 0.233. The molecule has 2 aromatic heterocycles. The maximum Gasteiger partial charge on any atom is 0.159 e. The normalized spacial score (nSPS) is 18.7. The third-order valence-corrected chi connectivity index (χ3v) is 18.5. The Balaban J connectivity index is 0.958. The summed E-state index contributed by atoms with van der Waals surface area (Å²) in [5.41, 5.74) is 18.0. The molecule has 9 aromatic carbocycles. The van der Waals surface area contributed by atoms with E-state index in [2.05, 4.69) is 235 Å². The number of furan rings is 1. The highest BCUT2D eigenvalue weighted by Crippen LogP contribution is 2.56. The van der Waals surface area contributed by atoms with E-state index < -0.39 is 0 Å². The number of aromatic nitrogens is 1. The number of ether oxygens (including phenoxy) is 1. The predicted octanol–water partition coefficient (Wildman–Crippen LogP) is 20.3. The first kappa shape index (κ1) is 47.0. The molecule has 78 heavy (non-hydrogen) atoms. The maximum absolute atomic E-state index is 7.53. The number of hydrogen-bond acceptors (Lipinski definition) is 4. The van der Waals surface area contributed by atoms with Crippen molar-refractivity contribution in [3.05, 3.63) is 234 Å². The predicted molar refractivity (Wildman–Crippen MR) is 325 cm³/mol. The Bertz CT molecular complexity index is 4220. The number of aryl methyl sites for hydroxylation is 2. The van der Waals surface area contributed by atoms with Crippen LogP contribution in [0.15, 0.2) is 210 Å². The quantitative estimate of drug-likeness (QED) is 0.144. The van der Waals surface area contributed by atoms with Crippen molar-refractivity contribution in [2.45, 2.75) is 108 Å². The molecule has 3 aliphatic carbocycles. The zero-order valence-corrected chi connectivity index (χ0v) is 45.0. The Labute approximate surface area is 457 Å². The van der Waals surface area contributed by atoms with E-state index in [1.165, 1.54) is 119 Å². The van der Waals surface area contributed by atoms with Crippen LogP contribution in [0.25, 0.3) is 60.2 Å². The summed E-state index contributed by atoms with van der Waals surface area (Å²) >= 11 is 0. The van der Waals surface area contributed by atoms with Crippen molar-refractivity contribution in [3.8, 4) is 11.4 Å². The van der Waals surface area contributed by atoms with E-state index in [-0.39, 0.29) is 11.5 Å². The van der Waals surface area contributed by atoms with Crippen molar-refractivity contribution in [2.75, 3.05) is 9.80 Å². The van der Waals surface area contributed by atoms with E-state index in [0.717, 1.165) is 73.2 Å².